The van der Waals surface area contributed by atoms with E-state index in [0.717, 1.165) is 12.0 Å². The van der Waals surface area contributed by atoms with Gasteiger partial charge < -0.3 is 34.6 Å². The molecule has 1 aromatic heterocycles. The number of nitrogens with zero attached hydrogens (tertiary/aromatic N) is 2. The lowest BCUT2D eigenvalue weighted by Gasteiger charge is -2.39. The van der Waals surface area contributed by atoms with Crippen LogP contribution in [-0.4, -0.2) is 80.1 Å². The van der Waals surface area contributed by atoms with E-state index in [9.17, 15) is 33.3 Å². The number of alkyl halides is 3. The molecule has 0 radical (unpaired) electrons. The maximum Gasteiger partial charge on any atom is 0.433 e. The summed E-state index contributed by atoms with van der Waals surface area (Å²) in [6.07, 6.45) is -13.1. The zero-order valence-corrected chi connectivity index (χ0v) is 21.4. The van der Waals surface area contributed by atoms with Gasteiger partial charge in [0, 0.05) is 6.42 Å². The molecule has 1 fully saturated rings. The van der Waals surface area contributed by atoms with Crippen LogP contribution in [0.4, 0.5) is 13.2 Å². The Bertz CT molecular complexity index is 1280. The van der Waals surface area contributed by atoms with E-state index in [1.165, 1.54) is 12.1 Å². The zero-order chi connectivity index (χ0) is 29.0. The number of rotatable bonds is 9. The number of aliphatic hydroxyl groups is 4. The van der Waals surface area contributed by atoms with E-state index in [4.69, 9.17) is 19.3 Å². The van der Waals surface area contributed by atoms with E-state index < -0.39 is 67.6 Å². The van der Waals surface area contributed by atoms with E-state index >= 15 is 0 Å². The first-order valence-corrected chi connectivity index (χ1v) is 12.5. The number of esters is 1. The molecule has 0 saturated carbocycles. The maximum atomic E-state index is 14.5. The predicted molar refractivity (Wildman–Crippen MR) is 133 cm³/mol. The number of ether oxygens (including phenoxy) is 3. The number of hydrogen-bond donors (Lipinski definition) is 4. The molecule has 0 amide bonds. The molecule has 2 unspecified atom stereocenters. The van der Waals surface area contributed by atoms with Gasteiger partial charge in [0.1, 0.15) is 37.6 Å². The molecular formula is C27H29F3N2O8. The molecule has 10 nitrogen and oxygen atoms in total. The monoisotopic (exact) mass is 566 g/mol. The summed E-state index contributed by atoms with van der Waals surface area (Å²) in [5, 5.41) is 44.1. The third-order valence-electron chi connectivity index (χ3n) is 6.46. The van der Waals surface area contributed by atoms with Crippen LogP contribution >= 0.6 is 0 Å². The Kier molecular flexibility index (Phi) is 9.11. The van der Waals surface area contributed by atoms with E-state index in [1.807, 2.05) is 6.92 Å². The molecule has 4 N–H and O–H groups in total. The van der Waals surface area contributed by atoms with Crippen molar-refractivity contribution in [2.75, 3.05) is 13.2 Å². The third-order valence-corrected chi connectivity index (χ3v) is 6.46. The van der Waals surface area contributed by atoms with Gasteiger partial charge in [-0.05, 0) is 29.7 Å². The molecule has 1 aliphatic heterocycles. The van der Waals surface area contributed by atoms with Crippen molar-refractivity contribution in [1.82, 2.24) is 9.78 Å². The number of benzene rings is 2. The summed E-state index contributed by atoms with van der Waals surface area (Å²) in [4.78, 5) is 11.3. The van der Waals surface area contributed by atoms with Crippen molar-refractivity contribution >= 4 is 5.97 Å². The lowest BCUT2D eigenvalue weighted by atomic mass is 9.99. The fourth-order valence-electron chi connectivity index (χ4n) is 4.31. The number of halogens is 3. The minimum Gasteiger partial charge on any atom is -0.461 e. The van der Waals surface area contributed by atoms with Crippen LogP contribution in [0, 0.1) is 0 Å². The van der Waals surface area contributed by atoms with Crippen LogP contribution < -0.4 is 4.74 Å². The van der Waals surface area contributed by atoms with E-state index in [-0.39, 0.29) is 17.7 Å². The average Bonchev–Trinajstić information content (AvgIpc) is 3.31. The van der Waals surface area contributed by atoms with Crippen molar-refractivity contribution in [3.8, 4) is 11.6 Å². The second kappa shape index (κ2) is 12.4. The molecule has 0 aliphatic carbocycles. The number of para-hydroxylation sites is 1. The van der Waals surface area contributed by atoms with Gasteiger partial charge in [0.25, 0.3) is 0 Å². The van der Waals surface area contributed by atoms with Crippen molar-refractivity contribution < 1.29 is 52.6 Å². The van der Waals surface area contributed by atoms with E-state index in [0.29, 0.717) is 10.2 Å². The Morgan fingerprint density at radius 2 is 1.65 bits per heavy atom. The van der Waals surface area contributed by atoms with Gasteiger partial charge in [-0.3, -0.25) is 0 Å². The Morgan fingerprint density at radius 1 is 1.00 bits per heavy atom. The summed E-state index contributed by atoms with van der Waals surface area (Å²) in [5.41, 5.74) is 0.180. The highest BCUT2D eigenvalue weighted by Gasteiger charge is 2.47. The lowest BCUT2D eigenvalue weighted by Crippen LogP contribution is -2.60. The highest BCUT2D eigenvalue weighted by molar-refractivity contribution is 5.70. The number of aliphatic hydroxyl groups excluding tert-OH is 4. The number of carbonyl (C=O) groups excluding carboxylic acids is 1. The molecule has 216 valence electrons. The minimum absolute atomic E-state index is 0.0987. The number of hydrogen-bond acceptors (Lipinski definition) is 9. The topological polar surface area (TPSA) is 144 Å². The summed E-state index contributed by atoms with van der Waals surface area (Å²) < 4.78 is 60.2. The summed E-state index contributed by atoms with van der Waals surface area (Å²) in [7, 11) is 0. The molecule has 5 atom stereocenters. The fraction of sp³-hybridized carbons (Fsp3) is 0.407. The average molecular weight is 567 g/mol. The smallest absolute Gasteiger partial charge is 0.433 e. The maximum absolute atomic E-state index is 14.5. The second-order valence-corrected chi connectivity index (χ2v) is 9.20. The normalized spacial score (nSPS) is 23.1. The molecule has 4 rings (SSSR count). The SMILES string of the molecule is CCc1ccc(Cc2c(O[C@@H]3OC(COC(=O)CO)[C@@H](O)C(O)[C@H]3O)nn(-c3ccccc3)c2C(F)(F)F)cc1. The first-order valence-electron chi connectivity index (χ1n) is 12.5. The molecule has 0 bridgehead atoms. The van der Waals surface area contributed by atoms with Crippen molar-refractivity contribution in [1.29, 1.82) is 0 Å². The van der Waals surface area contributed by atoms with Crippen LogP contribution in [0.1, 0.15) is 29.3 Å². The largest absolute Gasteiger partial charge is 0.461 e. The van der Waals surface area contributed by atoms with Crippen LogP contribution in [0.3, 0.4) is 0 Å². The van der Waals surface area contributed by atoms with Gasteiger partial charge in [-0.25, -0.2) is 9.48 Å². The van der Waals surface area contributed by atoms with Gasteiger partial charge in [-0.15, -0.1) is 5.10 Å². The molecule has 2 heterocycles. The molecule has 1 aliphatic rings. The third kappa shape index (κ3) is 6.45. The van der Waals surface area contributed by atoms with E-state index in [2.05, 4.69) is 5.10 Å². The Balaban J connectivity index is 1.75. The molecule has 13 heteroatoms. The van der Waals surface area contributed by atoms with Crippen LogP contribution in [0.15, 0.2) is 54.6 Å². The highest BCUT2D eigenvalue weighted by atomic mass is 19.4. The van der Waals surface area contributed by atoms with Crippen molar-refractivity contribution in [2.45, 2.75) is 56.6 Å². The van der Waals surface area contributed by atoms with Gasteiger partial charge in [0.15, 0.2) is 5.69 Å². The summed E-state index contributed by atoms with van der Waals surface area (Å²) >= 11 is 0. The first-order chi connectivity index (χ1) is 19.0. The predicted octanol–water partition coefficient (Wildman–Crippen LogP) is 1.77. The Hall–Kier alpha value is -3.49. The van der Waals surface area contributed by atoms with Crippen molar-refractivity contribution in [3.63, 3.8) is 0 Å². The summed E-state index contributed by atoms with van der Waals surface area (Å²) in [5.74, 6) is -1.56. The number of carbonyl (C=O) groups is 1. The van der Waals surface area contributed by atoms with Gasteiger partial charge in [-0.1, -0.05) is 49.4 Å². The zero-order valence-electron chi connectivity index (χ0n) is 21.4. The van der Waals surface area contributed by atoms with E-state index in [1.54, 1.807) is 42.5 Å². The van der Waals surface area contributed by atoms with Crippen LogP contribution in [-0.2, 0) is 33.3 Å². The Labute approximate surface area is 227 Å². The van der Waals surface area contributed by atoms with Crippen molar-refractivity contribution in [2.24, 2.45) is 0 Å². The highest BCUT2D eigenvalue weighted by Crippen LogP contribution is 2.40. The van der Waals surface area contributed by atoms with Gasteiger partial charge in [0.2, 0.25) is 12.2 Å². The summed E-state index contributed by atoms with van der Waals surface area (Å²) in [6.45, 7) is 0.367. The molecular weight excluding hydrogens is 537 g/mol. The first kappa shape index (κ1) is 29.5. The minimum atomic E-state index is -4.87. The second-order valence-electron chi connectivity index (χ2n) is 9.20. The van der Waals surface area contributed by atoms with Crippen LogP contribution in [0.5, 0.6) is 5.88 Å². The fourth-order valence-corrected chi connectivity index (χ4v) is 4.31. The summed E-state index contributed by atoms with van der Waals surface area (Å²) in [6, 6.07) is 14.6. The molecule has 1 saturated heterocycles. The lowest BCUT2D eigenvalue weighted by molar-refractivity contribution is -0.279. The number of aromatic nitrogens is 2. The Morgan fingerprint density at radius 3 is 2.25 bits per heavy atom. The molecule has 40 heavy (non-hydrogen) atoms. The van der Waals surface area contributed by atoms with Crippen LogP contribution in [0.2, 0.25) is 0 Å². The number of aryl methyl sites for hydroxylation is 1. The molecule has 2 aromatic carbocycles. The molecule has 0 spiro atoms. The van der Waals surface area contributed by atoms with Gasteiger partial charge >= 0.3 is 12.1 Å². The van der Waals surface area contributed by atoms with Crippen LogP contribution in [0.25, 0.3) is 5.69 Å². The quantitative estimate of drug-likeness (QED) is 0.285. The van der Waals surface area contributed by atoms with Gasteiger partial charge in [0.05, 0.1) is 11.3 Å². The van der Waals surface area contributed by atoms with Crippen molar-refractivity contribution in [3.05, 3.63) is 77.0 Å². The standard InChI is InChI=1S/C27H29F3N2O8/c1-2-15-8-10-16(11-9-15)12-18-24(27(28,29)30)32(17-6-4-3-5-7-17)31-25(18)40-26-23(37)22(36)21(35)19(39-26)14-38-20(34)13-33/h3-11,19,21-23,26,33,35-37H,2,12-14H2,1H3/t19?,21-,22?,23-,26+/m1/s1. The molecule has 3 aromatic rings. The van der Waals surface area contributed by atoms with Gasteiger partial charge in [-0.2, -0.15) is 13.2 Å².